The molecule has 13 heavy (non-hydrogen) atoms. The molecule has 0 spiro atoms. The van der Waals surface area contributed by atoms with Crippen LogP contribution in [0.15, 0.2) is 12.2 Å². The molecule has 0 aromatic carbocycles. The molecule has 0 amide bonds. The van der Waals surface area contributed by atoms with Gasteiger partial charge in [-0.2, -0.15) is 0 Å². The molecule has 3 heteroatoms. The van der Waals surface area contributed by atoms with Gasteiger partial charge >= 0.3 is 5.97 Å². The van der Waals surface area contributed by atoms with Crippen LogP contribution in [0.1, 0.15) is 34.1 Å². The van der Waals surface area contributed by atoms with Gasteiger partial charge in [0, 0.05) is 12.0 Å². The maximum Gasteiger partial charge on any atom is 0.335 e. The van der Waals surface area contributed by atoms with Gasteiger partial charge in [0.15, 0.2) is 0 Å². The normalized spacial score (nSPS) is 29.5. The minimum Gasteiger partial charge on any atom is -0.426 e. The predicted octanol–water partition coefficient (Wildman–Crippen LogP) is 2.02. The molecule has 1 saturated heterocycles. The van der Waals surface area contributed by atoms with Crippen LogP contribution >= 0.6 is 0 Å². The lowest BCUT2D eigenvalue weighted by molar-refractivity contribution is -0.154. The Balaban J connectivity index is 2.64. The lowest BCUT2D eigenvalue weighted by atomic mass is 10.1. The van der Waals surface area contributed by atoms with Gasteiger partial charge in [-0.05, 0) is 20.8 Å². The maximum atomic E-state index is 11.2. The van der Waals surface area contributed by atoms with Gasteiger partial charge in [-0.15, -0.1) is 0 Å². The molecule has 0 bridgehead atoms. The zero-order valence-electron chi connectivity index (χ0n) is 8.64. The van der Waals surface area contributed by atoms with Crippen LogP contribution in [0.5, 0.6) is 0 Å². The zero-order chi connectivity index (χ0) is 10.3. The van der Waals surface area contributed by atoms with Crippen molar-refractivity contribution in [2.24, 2.45) is 0 Å². The van der Waals surface area contributed by atoms with Crippen LogP contribution in [0.4, 0.5) is 0 Å². The SMILES string of the molecule is C=C(C)C(=O)OC1(CC)OC1(C)C. The summed E-state index contributed by atoms with van der Waals surface area (Å²) in [4.78, 5) is 11.2. The molecule has 1 aliphatic heterocycles. The third-order valence-electron chi connectivity index (χ3n) is 2.37. The quantitative estimate of drug-likeness (QED) is 0.382. The second-order valence-corrected chi connectivity index (χ2v) is 3.89. The Morgan fingerprint density at radius 1 is 1.54 bits per heavy atom. The first-order valence-electron chi connectivity index (χ1n) is 4.43. The fourth-order valence-corrected chi connectivity index (χ4v) is 1.34. The van der Waals surface area contributed by atoms with E-state index in [1.165, 1.54) is 0 Å². The Morgan fingerprint density at radius 3 is 2.23 bits per heavy atom. The van der Waals surface area contributed by atoms with E-state index >= 15 is 0 Å². The molecule has 1 heterocycles. The second-order valence-electron chi connectivity index (χ2n) is 3.89. The first kappa shape index (κ1) is 10.3. The van der Waals surface area contributed by atoms with Gasteiger partial charge in [-0.3, -0.25) is 0 Å². The highest BCUT2D eigenvalue weighted by molar-refractivity contribution is 5.87. The van der Waals surface area contributed by atoms with Crippen molar-refractivity contribution in [3.8, 4) is 0 Å². The molecule has 1 rings (SSSR count). The van der Waals surface area contributed by atoms with Gasteiger partial charge in [0.1, 0.15) is 5.60 Å². The number of carbonyl (C=O) groups excluding carboxylic acids is 1. The van der Waals surface area contributed by atoms with E-state index in [1.807, 2.05) is 20.8 Å². The van der Waals surface area contributed by atoms with E-state index in [1.54, 1.807) is 6.92 Å². The molecule has 0 saturated carbocycles. The summed E-state index contributed by atoms with van der Waals surface area (Å²) in [6.45, 7) is 10.9. The zero-order valence-corrected chi connectivity index (χ0v) is 8.64. The molecule has 0 N–H and O–H groups in total. The summed E-state index contributed by atoms with van der Waals surface area (Å²) in [6.07, 6.45) is 0.666. The molecule has 3 nitrogen and oxygen atoms in total. The van der Waals surface area contributed by atoms with Crippen molar-refractivity contribution in [1.29, 1.82) is 0 Å². The van der Waals surface area contributed by atoms with E-state index in [0.717, 1.165) is 0 Å². The van der Waals surface area contributed by atoms with Crippen molar-refractivity contribution in [2.45, 2.75) is 45.5 Å². The molecule has 1 atom stereocenters. The second kappa shape index (κ2) is 2.84. The fourth-order valence-electron chi connectivity index (χ4n) is 1.34. The first-order chi connectivity index (χ1) is 5.84. The summed E-state index contributed by atoms with van der Waals surface area (Å²) in [5, 5.41) is 0. The van der Waals surface area contributed by atoms with Gasteiger partial charge in [0.25, 0.3) is 0 Å². The van der Waals surface area contributed by atoms with E-state index < -0.39 is 5.79 Å². The van der Waals surface area contributed by atoms with Gasteiger partial charge < -0.3 is 9.47 Å². The lowest BCUT2D eigenvalue weighted by Gasteiger charge is -2.13. The summed E-state index contributed by atoms with van der Waals surface area (Å²) in [5.74, 6) is -1.10. The fraction of sp³-hybridized carbons (Fsp3) is 0.700. The third-order valence-corrected chi connectivity index (χ3v) is 2.37. The summed E-state index contributed by atoms with van der Waals surface area (Å²) < 4.78 is 10.6. The van der Waals surface area contributed by atoms with Gasteiger partial charge in [0.05, 0.1) is 0 Å². The molecule has 0 aromatic heterocycles. The van der Waals surface area contributed by atoms with Crippen LogP contribution < -0.4 is 0 Å². The van der Waals surface area contributed by atoms with Gasteiger partial charge in [0.2, 0.25) is 5.79 Å². The summed E-state index contributed by atoms with van der Waals surface area (Å²) >= 11 is 0. The van der Waals surface area contributed by atoms with Crippen LogP contribution in [0, 0.1) is 0 Å². The van der Waals surface area contributed by atoms with Crippen LogP contribution in [0.3, 0.4) is 0 Å². The Bertz CT molecular complexity index is 255. The largest absolute Gasteiger partial charge is 0.426 e. The van der Waals surface area contributed by atoms with Crippen molar-refractivity contribution in [3.63, 3.8) is 0 Å². The number of carbonyl (C=O) groups is 1. The molecule has 1 unspecified atom stereocenters. The third kappa shape index (κ3) is 1.61. The highest BCUT2D eigenvalue weighted by Crippen LogP contribution is 2.50. The first-order valence-corrected chi connectivity index (χ1v) is 4.43. The van der Waals surface area contributed by atoms with Crippen molar-refractivity contribution in [2.75, 3.05) is 0 Å². The average molecular weight is 184 g/mol. The van der Waals surface area contributed by atoms with Crippen molar-refractivity contribution >= 4 is 5.97 Å². The van der Waals surface area contributed by atoms with Crippen molar-refractivity contribution in [1.82, 2.24) is 0 Å². The molecule has 0 aliphatic carbocycles. The van der Waals surface area contributed by atoms with Crippen molar-refractivity contribution < 1.29 is 14.3 Å². The molecular weight excluding hydrogens is 168 g/mol. The Morgan fingerprint density at radius 2 is 2.00 bits per heavy atom. The van der Waals surface area contributed by atoms with Crippen LogP contribution in [-0.4, -0.2) is 17.4 Å². The molecule has 1 fully saturated rings. The highest BCUT2D eigenvalue weighted by atomic mass is 16.8. The van der Waals surface area contributed by atoms with Crippen molar-refractivity contribution in [3.05, 3.63) is 12.2 Å². The Labute approximate surface area is 78.7 Å². The van der Waals surface area contributed by atoms with Gasteiger partial charge in [-0.1, -0.05) is 13.5 Å². The number of epoxide rings is 1. The Hall–Kier alpha value is -0.830. The van der Waals surface area contributed by atoms with E-state index in [-0.39, 0.29) is 11.6 Å². The maximum absolute atomic E-state index is 11.2. The van der Waals surface area contributed by atoms with E-state index in [0.29, 0.717) is 12.0 Å². The number of esters is 1. The Kier molecular flexibility index (Phi) is 2.24. The summed E-state index contributed by atoms with van der Waals surface area (Å²) in [6, 6.07) is 0. The van der Waals surface area contributed by atoms with E-state index in [4.69, 9.17) is 9.47 Å². The minimum absolute atomic E-state index is 0.354. The number of hydrogen-bond donors (Lipinski definition) is 0. The minimum atomic E-state index is -0.719. The topological polar surface area (TPSA) is 38.8 Å². The summed E-state index contributed by atoms with van der Waals surface area (Å²) in [5.41, 5.74) is 0.0477. The summed E-state index contributed by atoms with van der Waals surface area (Å²) in [7, 11) is 0. The average Bonchev–Trinajstić information content (AvgIpc) is 2.54. The monoisotopic (exact) mass is 184 g/mol. The number of rotatable bonds is 3. The highest BCUT2D eigenvalue weighted by Gasteiger charge is 2.66. The predicted molar refractivity (Wildman–Crippen MR) is 49.1 cm³/mol. The van der Waals surface area contributed by atoms with Gasteiger partial charge in [-0.25, -0.2) is 4.79 Å². The lowest BCUT2D eigenvalue weighted by Crippen LogP contribution is -2.27. The van der Waals surface area contributed by atoms with E-state index in [9.17, 15) is 4.79 Å². The molecule has 0 radical (unpaired) electrons. The standard InChI is InChI=1S/C10H16O3/c1-6-10(9(4,5)13-10)12-8(11)7(2)3/h2,6H2,1,3-5H3. The smallest absolute Gasteiger partial charge is 0.335 e. The molecular formula is C10H16O3. The molecule has 1 aliphatic rings. The van der Waals surface area contributed by atoms with E-state index in [2.05, 4.69) is 6.58 Å². The van der Waals surface area contributed by atoms with Crippen LogP contribution in [0.2, 0.25) is 0 Å². The number of hydrogen-bond acceptors (Lipinski definition) is 3. The van der Waals surface area contributed by atoms with Crippen LogP contribution in [0.25, 0.3) is 0 Å². The molecule has 0 aromatic rings. The van der Waals surface area contributed by atoms with Crippen LogP contribution in [-0.2, 0) is 14.3 Å². The number of ether oxygens (including phenoxy) is 2. The molecule has 74 valence electrons.